The number of hydrogen-bond acceptors (Lipinski definition) is 3. The van der Waals surface area contributed by atoms with Crippen LogP contribution >= 0.6 is 0 Å². The van der Waals surface area contributed by atoms with Crippen molar-refractivity contribution in [1.82, 2.24) is 0 Å². The lowest BCUT2D eigenvalue weighted by atomic mass is 9.90. The van der Waals surface area contributed by atoms with E-state index in [2.05, 4.69) is 39.5 Å². The van der Waals surface area contributed by atoms with Gasteiger partial charge in [0.05, 0.1) is 12.7 Å². The minimum absolute atomic E-state index is 0.0572. The number of allylic oxidation sites excluding steroid dienone is 1. The molecule has 132 valence electrons. The van der Waals surface area contributed by atoms with Crippen LogP contribution in [0.25, 0.3) is 6.08 Å². The molecule has 2 heterocycles. The van der Waals surface area contributed by atoms with Gasteiger partial charge < -0.3 is 14.3 Å². The van der Waals surface area contributed by atoms with Gasteiger partial charge in [0, 0.05) is 0 Å². The minimum atomic E-state index is -0.0572. The van der Waals surface area contributed by atoms with Crippen molar-refractivity contribution in [3.63, 3.8) is 0 Å². The van der Waals surface area contributed by atoms with E-state index in [1.54, 1.807) is 0 Å². The first-order chi connectivity index (χ1) is 11.5. The topological polar surface area (TPSA) is 42.6 Å². The Balaban J connectivity index is 2.01. The maximum atomic E-state index is 9.12. The van der Waals surface area contributed by atoms with E-state index in [0.29, 0.717) is 18.3 Å². The van der Waals surface area contributed by atoms with Crippen LogP contribution in [0.1, 0.15) is 58.0 Å². The van der Waals surface area contributed by atoms with E-state index in [1.165, 1.54) is 16.7 Å². The van der Waals surface area contributed by atoms with Crippen molar-refractivity contribution in [3.8, 4) is 0 Å². The molecule has 24 heavy (non-hydrogen) atoms. The van der Waals surface area contributed by atoms with Gasteiger partial charge in [-0.25, -0.2) is 0 Å². The molecule has 0 spiro atoms. The predicted octanol–water partition coefficient (Wildman–Crippen LogP) is 5.27. The molecule has 1 unspecified atom stereocenters. The molecule has 1 aliphatic rings. The molecule has 2 rings (SSSR count). The monoisotopic (exact) mass is 330 g/mol. The molecule has 1 N–H and O–H groups in total. The first kappa shape index (κ1) is 18.8. The van der Waals surface area contributed by atoms with Gasteiger partial charge in [-0.1, -0.05) is 45.4 Å². The molecule has 0 saturated carbocycles. The van der Waals surface area contributed by atoms with Gasteiger partial charge in [0.2, 0.25) is 0 Å². The zero-order chi connectivity index (χ0) is 17.5. The molecule has 0 aromatic carbocycles. The molecule has 0 saturated heterocycles. The lowest BCUT2D eigenvalue weighted by Crippen LogP contribution is -2.13. The Bertz CT molecular complexity index is 604. The third kappa shape index (κ3) is 4.96. The first-order valence-corrected chi connectivity index (χ1v) is 8.95. The highest BCUT2D eigenvalue weighted by atomic mass is 16.5. The Morgan fingerprint density at radius 2 is 2.17 bits per heavy atom. The fraction of sp³-hybridized carbons (Fsp3) is 0.524. The lowest BCUT2D eigenvalue weighted by molar-refractivity contribution is 0.116. The van der Waals surface area contributed by atoms with Gasteiger partial charge in [-0.05, 0) is 54.5 Å². The van der Waals surface area contributed by atoms with Crippen LogP contribution in [-0.4, -0.2) is 17.8 Å². The molecule has 0 bridgehead atoms. The molecule has 1 aromatic heterocycles. The molecule has 3 nitrogen and oxygen atoms in total. The molecule has 0 radical (unpaired) electrons. The van der Waals surface area contributed by atoms with E-state index in [4.69, 9.17) is 14.3 Å². The van der Waals surface area contributed by atoms with Crippen molar-refractivity contribution in [2.24, 2.45) is 5.92 Å². The van der Waals surface area contributed by atoms with Gasteiger partial charge in [-0.2, -0.15) is 0 Å². The van der Waals surface area contributed by atoms with Crippen LogP contribution in [0.15, 0.2) is 45.9 Å². The number of hydrogen-bond donors (Lipinski definition) is 1. The first-order valence-electron chi connectivity index (χ1n) is 8.95. The van der Waals surface area contributed by atoms with Gasteiger partial charge in [0.1, 0.15) is 18.1 Å². The molecule has 3 heteroatoms. The summed E-state index contributed by atoms with van der Waals surface area (Å²) in [5.41, 5.74) is 3.83. The summed E-state index contributed by atoms with van der Waals surface area (Å²) in [7, 11) is 0. The van der Waals surface area contributed by atoms with Crippen molar-refractivity contribution in [1.29, 1.82) is 0 Å². The van der Waals surface area contributed by atoms with E-state index in [-0.39, 0.29) is 12.7 Å². The number of aliphatic hydroxyl groups excluding tert-OH is 1. The normalized spacial score (nSPS) is 18.3. The summed E-state index contributed by atoms with van der Waals surface area (Å²) in [4.78, 5) is 0. The Labute approximate surface area is 145 Å². The molecule has 1 aromatic rings. The second-order valence-electron chi connectivity index (χ2n) is 6.71. The van der Waals surface area contributed by atoms with Crippen molar-refractivity contribution in [3.05, 3.63) is 53.0 Å². The fourth-order valence-corrected chi connectivity index (χ4v) is 3.05. The SMILES string of the molecule is C=C(C1=CCOC1CC/C(=C/c1ccc(CO)o1)CCC)C(C)C. The molecular formula is C21H30O3. The van der Waals surface area contributed by atoms with Gasteiger partial charge in [-0.3, -0.25) is 0 Å². The number of furan rings is 1. The maximum Gasteiger partial charge on any atom is 0.130 e. The molecule has 0 amide bonds. The highest BCUT2D eigenvalue weighted by Gasteiger charge is 2.23. The summed E-state index contributed by atoms with van der Waals surface area (Å²) in [5, 5.41) is 9.12. The van der Waals surface area contributed by atoms with E-state index >= 15 is 0 Å². The van der Waals surface area contributed by atoms with Gasteiger partial charge in [0.25, 0.3) is 0 Å². The maximum absolute atomic E-state index is 9.12. The van der Waals surface area contributed by atoms with Crippen molar-refractivity contribution >= 4 is 6.08 Å². The highest BCUT2D eigenvalue weighted by Crippen LogP contribution is 2.30. The largest absolute Gasteiger partial charge is 0.459 e. The summed E-state index contributed by atoms with van der Waals surface area (Å²) in [6.07, 6.45) is 8.55. The molecule has 1 aliphatic heterocycles. The van der Waals surface area contributed by atoms with Crippen LogP contribution < -0.4 is 0 Å². The Hall–Kier alpha value is -1.58. The smallest absolute Gasteiger partial charge is 0.130 e. The third-order valence-corrected chi connectivity index (χ3v) is 4.50. The second kappa shape index (κ2) is 9.05. The average molecular weight is 330 g/mol. The van der Waals surface area contributed by atoms with Crippen LogP contribution in [0, 0.1) is 5.92 Å². The zero-order valence-corrected chi connectivity index (χ0v) is 15.2. The average Bonchev–Trinajstić information content (AvgIpc) is 3.20. The highest BCUT2D eigenvalue weighted by molar-refractivity contribution is 5.48. The Morgan fingerprint density at radius 1 is 1.38 bits per heavy atom. The van der Waals surface area contributed by atoms with Crippen molar-refractivity contribution < 1.29 is 14.3 Å². The summed E-state index contributed by atoms with van der Waals surface area (Å²) in [6.45, 7) is 11.4. The summed E-state index contributed by atoms with van der Waals surface area (Å²) in [6, 6.07) is 3.74. The lowest BCUT2D eigenvalue weighted by Gasteiger charge is -2.19. The number of rotatable bonds is 9. The number of aliphatic hydroxyl groups is 1. The quantitative estimate of drug-likeness (QED) is 0.670. The van der Waals surface area contributed by atoms with Crippen molar-refractivity contribution in [2.45, 2.75) is 59.2 Å². The zero-order valence-electron chi connectivity index (χ0n) is 15.2. The van der Waals surface area contributed by atoms with Gasteiger partial charge in [-0.15, -0.1) is 0 Å². The van der Waals surface area contributed by atoms with E-state index in [9.17, 15) is 0 Å². The summed E-state index contributed by atoms with van der Waals surface area (Å²) < 4.78 is 11.5. The van der Waals surface area contributed by atoms with E-state index < -0.39 is 0 Å². The fourth-order valence-electron chi connectivity index (χ4n) is 3.05. The van der Waals surface area contributed by atoms with Gasteiger partial charge in [0.15, 0.2) is 0 Å². The predicted molar refractivity (Wildman–Crippen MR) is 98.6 cm³/mol. The van der Waals surface area contributed by atoms with Crippen LogP contribution in [0.3, 0.4) is 0 Å². The van der Waals surface area contributed by atoms with Gasteiger partial charge >= 0.3 is 0 Å². The van der Waals surface area contributed by atoms with Crippen LogP contribution in [-0.2, 0) is 11.3 Å². The second-order valence-corrected chi connectivity index (χ2v) is 6.71. The van der Waals surface area contributed by atoms with Crippen LogP contribution in [0.2, 0.25) is 0 Å². The standard InChI is InChI=1S/C21H30O3/c1-5-6-17(13-18-8-9-19(14-22)24-18)7-10-21-20(11-12-23-21)16(4)15(2)3/h8-9,11,13,15,21-22H,4-7,10,12,14H2,1-3H3/b17-13+. The van der Waals surface area contributed by atoms with Crippen molar-refractivity contribution in [2.75, 3.05) is 6.61 Å². The Morgan fingerprint density at radius 3 is 2.79 bits per heavy atom. The van der Waals surface area contributed by atoms with E-state index in [1.807, 2.05) is 12.1 Å². The Kier molecular flexibility index (Phi) is 7.07. The third-order valence-electron chi connectivity index (χ3n) is 4.50. The molecular weight excluding hydrogens is 300 g/mol. The van der Waals surface area contributed by atoms with E-state index in [0.717, 1.165) is 31.4 Å². The minimum Gasteiger partial charge on any atom is -0.459 e. The molecule has 1 atom stereocenters. The summed E-state index contributed by atoms with van der Waals surface area (Å²) in [5.74, 6) is 1.87. The summed E-state index contributed by atoms with van der Waals surface area (Å²) >= 11 is 0. The molecule has 0 aliphatic carbocycles. The number of ether oxygens (including phenoxy) is 1. The van der Waals surface area contributed by atoms with Crippen LogP contribution in [0.5, 0.6) is 0 Å². The van der Waals surface area contributed by atoms with Crippen LogP contribution in [0.4, 0.5) is 0 Å². The molecule has 0 fully saturated rings.